The van der Waals surface area contributed by atoms with Gasteiger partial charge in [-0.2, -0.15) is 0 Å². The molecule has 0 saturated heterocycles. The van der Waals surface area contributed by atoms with Crippen LogP contribution in [0.25, 0.3) is 5.69 Å². The summed E-state index contributed by atoms with van der Waals surface area (Å²) in [6.07, 6.45) is 6.28. The van der Waals surface area contributed by atoms with E-state index in [1.165, 1.54) is 12.4 Å². The number of carbonyl (C=O) groups is 1. The molecular weight excluding hydrogens is 307 g/mol. The Hall–Kier alpha value is -1.92. The topological polar surface area (TPSA) is 72.9 Å². The molecule has 120 valence electrons. The van der Waals surface area contributed by atoms with Crippen molar-refractivity contribution in [3.05, 3.63) is 48.3 Å². The predicted octanol–water partition coefficient (Wildman–Crippen LogP) is 2.18. The number of rotatable bonds is 6. The number of aromatic nitrogens is 2. The number of halogens is 2. The van der Waals surface area contributed by atoms with Crippen LogP contribution in [0.15, 0.2) is 36.9 Å². The zero-order valence-corrected chi connectivity index (χ0v) is 13.1. The summed E-state index contributed by atoms with van der Waals surface area (Å²) in [5, 5.41) is 2.72. The Morgan fingerprint density at radius 3 is 2.86 bits per heavy atom. The minimum absolute atomic E-state index is 0. The van der Waals surface area contributed by atoms with Gasteiger partial charge in [0.2, 0.25) is 5.91 Å². The highest BCUT2D eigenvalue weighted by atomic mass is 35.5. The van der Waals surface area contributed by atoms with Gasteiger partial charge in [0, 0.05) is 18.9 Å². The minimum Gasteiger partial charge on any atom is -0.351 e. The van der Waals surface area contributed by atoms with Crippen LogP contribution in [0, 0.1) is 5.82 Å². The predicted molar refractivity (Wildman–Crippen MR) is 85.5 cm³/mol. The molecule has 0 aliphatic carbocycles. The first-order chi connectivity index (χ1) is 10.1. The van der Waals surface area contributed by atoms with Crippen LogP contribution in [0.3, 0.4) is 0 Å². The lowest BCUT2D eigenvalue weighted by molar-refractivity contribution is -0.122. The van der Waals surface area contributed by atoms with Gasteiger partial charge in [-0.3, -0.25) is 4.79 Å². The molecule has 7 heteroatoms. The van der Waals surface area contributed by atoms with Crippen LogP contribution in [-0.4, -0.2) is 21.5 Å². The molecule has 3 N–H and O–H groups in total. The van der Waals surface area contributed by atoms with E-state index in [4.69, 9.17) is 5.73 Å². The maximum Gasteiger partial charge on any atom is 0.237 e. The standard InChI is InChI=1S/C15H19FN4O.ClH/c1-2-3-13(17)15(21)19-9-11-4-5-14(12(16)8-11)20-7-6-18-10-20;/h4-8,10,13H,2-3,9,17H2,1H3,(H,19,21);1H. The van der Waals surface area contributed by atoms with E-state index in [1.807, 2.05) is 6.92 Å². The molecule has 0 fully saturated rings. The molecule has 1 heterocycles. The average molecular weight is 327 g/mol. The molecule has 1 amide bonds. The van der Waals surface area contributed by atoms with E-state index in [9.17, 15) is 9.18 Å². The molecule has 0 spiro atoms. The molecule has 0 radical (unpaired) electrons. The van der Waals surface area contributed by atoms with Gasteiger partial charge in [0.1, 0.15) is 5.82 Å². The molecule has 0 saturated carbocycles. The van der Waals surface area contributed by atoms with Crippen molar-refractivity contribution < 1.29 is 9.18 Å². The van der Waals surface area contributed by atoms with Crippen molar-refractivity contribution in [2.75, 3.05) is 0 Å². The third-order valence-corrected chi connectivity index (χ3v) is 3.20. The highest BCUT2D eigenvalue weighted by Gasteiger charge is 2.12. The van der Waals surface area contributed by atoms with Crippen molar-refractivity contribution in [2.24, 2.45) is 5.73 Å². The largest absolute Gasteiger partial charge is 0.351 e. The van der Waals surface area contributed by atoms with Crippen molar-refractivity contribution >= 4 is 18.3 Å². The first kappa shape index (κ1) is 18.1. The third kappa shape index (κ3) is 4.54. The van der Waals surface area contributed by atoms with Gasteiger partial charge in [0.15, 0.2) is 0 Å². The second-order valence-corrected chi connectivity index (χ2v) is 4.87. The average Bonchev–Trinajstić information content (AvgIpc) is 2.99. The molecule has 2 aromatic rings. The van der Waals surface area contributed by atoms with Crippen molar-refractivity contribution in [1.29, 1.82) is 0 Å². The number of amides is 1. The number of nitrogens with zero attached hydrogens (tertiary/aromatic N) is 2. The lowest BCUT2D eigenvalue weighted by atomic mass is 10.1. The van der Waals surface area contributed by atoms with Gasteiger partial charge in [-0.05, 0) is 24.1 Å². The first-order valence-corrected chi connectivity index (χ1v) is 6.92. The van der Waals surface area contributed by atoms with E-state index in [0.717, 1.165) is 6.42 Å². The number of imidazole rings is 1. The number of nitrogens with two attached hydrogens (primary N) is 1. The zero-order chi connectivity index (χ0) is 15.2. The van der Waals surface area contributed by atoms with Crippen LogP contribution in [0.2, 0.25) is 0 Å². The fraction of sp³-hybridized carbons (Fsp3) is 0.333. The summed E-state index contributed by atoms with van der Waals surface area (Å²) in [4.78, 5) is 15.6. The van der Waals surface area contributed by atoms with Gasteiger partial charge in [-0.1, -0.05) is 19.4 Å². The quantitative estimate of drug-likeness (QED) is 0.854. The molecule has 2 rings (SSSR count). The summed E-state index contributed by atoms with van der Waals surface area (Å²) in [6.45, 7) is 2.23. The zero-order valence-electron chi connectivity index (χ0n) is 12.3. The van der Waals surface area contributed by atoms with Crippen LogP contribution in [0.5, 0.6) is 0 Å². The summed E-state index contributed by atoms with van der Waals surface area (Å²) in [7, 11) is 0. The lowest BCUT2D eigenvalue weighted by Crippen LogP contribution is -2.40. The minimum atomic E-state index is -0.509. The maximum absolute atomic E-state index is 14.0. The van der Waals surface area contributed by atoms with Gasteiger partial charge >= 0.3 is 0 Å². The molecule has 5 nitrogen and oxygen atoms in total. The summed E-state index contributed by atoms with van der Waals surface area (Å²) < 4.78 is 15.6. The molecular formula is C15H20ClFN4O. The third-order valence-electron chi connectivity index (χ3n) is 3.20. The van der Waals surface area contributed by atoms with E-state index in [0.29, 0.717) is 17.7 Å². The van der Waals surface area contributed by atoms with Crippen molar-refractivity contribution in [2.45, 2.75) is 32.4 Å². The second-order valence-electron chi connectivity index (χ2n) is 4.87. The highest BCUT2D eigenvalue weighted by Crippen LogP contribution is 2.14. The van der Waals surface area contributed by atoms with Crippen molar-refractivity contribution in [3.8, 4) is 5.69 Å². The normalized spacial score (nSPS) is 11.6. The van der Waals surface area contributed by atoms with Crippen molar-refractivity contribution in [3.63, 3.8) is 0 Å². The Bertz CT molecular complexity index is 604. The molecule has 22 heavy (non-hydrogen) atoms. The Morgan fingerprint density at radius 1 is 1.50 bits per heavy atom. The summed E-state index contributed by atoms with van der Waals surface area (Å²) in [5.74, 6) is -0.575. The summed E-state index contributed by atoms with van der Waals surface area (Å²) >= 11 is 0. The van der Waals surface area contributed by atoms with Crippen LogP contribution in [-0.2, 0) is 11.3 Å². The van der Waals surface area contributed by atoms with Gasteiger partial charge in [-0.25, -0.2) is 9.37 Å². The monoisotopic (exact) mass is 326 g/mol. The highest BCUT2D eigenvalue weighted by molar-refractivity contribution is 5.85. The molecule has 1 aromatic heterocycles. The van der Waals surface area contributed by atoms with E-state index in [1.54, 1.807) is 29.1 Å². The van der Waals surface area contributed by atoms with E-state index < -0.39 is 6.04 Å². The van der Waals surface area contributed by atoms with Crippen LogP contribution >= 0.6 is 12.4 Å². The van der Waals surface area contributed by atoms with Gasteiger partial charge < -0.3 is 15.6 Å². The number of benzene rings is 1. The smallest absolute Gasteiger partial charge is 0.237 e. The Morgan fingerprint density at radius 2 is 2.27 bits per heavy atom. The van der Waals surface area contributed by atoms with Crippen LogP contribution in [0.4, 0.5) is 4.39 Å². The van der Waals surface area contributed by atoms with E-state index >= 15 is 0 Å². The van der Waals surface area contributed by atoms with E-state index in [-0.39, 0.29) is 30.7 Å². The van der Waals surface area contributed by atoms with Gasteiger partial charge in [0.25, 0.3) is 0 Å². The number of hydrogen-bond donors (Lipinski definition) is 2. The van der Waals surface area contributed by atoms with Crippen LogP contribution in [0.1, 0.15) is 25.3 Å². The fourth-order valence-corrected chi connectivity index (χ4v) is 2.03. The van der Waals surface area contributed by atoms with Crippen molar-refractivity contribution in [1.82, 2.24) is 14.9 Å². The second kappa shape index (κ2) is 8.51. The Labute approximate surface area is 135 Å². The van der Waals surface area contributed by atoms with Gasteiger partial charge in [0.05, 0.1) is 18.1 Å². The number of hydrogen-bond acceptors (Lipinski definition) is 3. The van der Waals surface area contributed by atoms with E-state index in [2.05, 4.69) is 10.3 Å². The maximum atomic E-state index is 14.0. The SMILES string of the molecule is CCCC(N)C(=O)NCc1ccc(-n2ccnc2)c(F)c1.Cl. The summed E-state index contributed by atoms with van der Waals surface area (Å²) in [5.41, 5.74) is 6.82. The fourth-order valence-electron chi connectivity index (χ4n) is 2.03. The Balaban J connectivity index is 0.00000242. The van der Waals surface area contributed by atoms with Crippen LogP contribution < -0.4 is 11.1 Å². The number of carbonyl (C=O) groups excluding carboxylic acids is 1. The number of nitrogens with one attached hydrogen (secondary N) is 1. The lowest BCUT2D eigenvalue weighted by Gasteiger charge is -2.12. The molecule has 0 aliphatic rings. The molecule has 0 aliphatic heterocycles. The summed E-state index contributed by atoms with van der Waals surface area (Å²) in [6, 6.07) is 4.32. The molecule has 1 atom stereocenters. The molecule has 1 aromatic carbocycles. The van der Waals surface area contributed by atoms with Gasteiger partial charge in [-0.15, -0.1) is 12.4 Å². The molecule has 1 unspecified atom stereocenters. The Kier molecular flexibility index (Phi) is 7.01. The molecule has 0 bridgehead atoms. The first-order valence-electron chi connectivity index (χ1n) is 6.92.